The van der Waals surface area contributed by atoms with Crippen LogP contribution in [-0.2, 0) is 4.79 Å². The van der Waals surface area contributed by atoms with E-state index in [-0.39, 0.29) is 18.4 Å². The number of methoxy groups -OCH3 is 1. The molecule has 0 saturated carbocycles. The minimum absolute atomic E-state index is 0.228. The van der Waals surface area contributed by atoms with Gasteiger partial charge in [-0.25, -0.2) is 5.43 Å². The summed E-state index contributed by atoms with van der Waals surface area (Å²) in [5.41, 5.74) is 4.13. The molecular weight excluding hydrogens is 498 g/mol. The zero-order chi connectivity index (χ0) is 22.9. The Bertz CT molecular complexity index is 1140. The number of nitrogens with zero attached hydrogens (tertiary/aromatic N) is 1. The maximum absolute atomic E-state index is 12.2. The summed E-state index contributed by atoms with van der Waals surface area (Å²) in [5, 5.41) is 6.96. The zero-order valence-electron chi connectivity index (χ0n) is 17.0. The fraction of sp³-hybridized carbons (Fsp3) is 0.0870. The van der Waals surface area contributed by atoms with Crippen LogP contribution in [0.4, 0.5) is 5.69 Å². The maximum Gasteiger partial charge on any atom is 0.271 e. The lowest BCUT2D eigenvalue weighted by atomic mass is 10.2. The van der Waals surface area contributed by atoms with Gasteiger partial charge in [0.15, 0.2) is 6.61 Å². The molecule has 0 bridgehead atoms. The second-order valence-electron chi connectivity index (χ2n) is 6.43. The van der Waals surface area contributed by atoms with Crippen molar-refractivity contribution in [1.29, 1.82) is 0 Å². The Morgan fingerprint density at radius 1 is 1.06 bits per heavy atom. The van der Waals surface area contributed by atoms with Crippen molar-refractivity contribution in [3.8, 4) is 11.5 Å². The van der Waals surface area contributed by atoms with E-state index in [1.54, 1.807) is 60.7 Å². The van der Waals surface area contributed by atoms with Crippen LogP contribution in [-0.4, -0.2) is 31.7 Å². The van der Waals surface area contributed by atoms with Gasteiger partial charge in [-0.2, -0.15) is 5.10 Å². The molecule has 0 aromatic heterocycles. The van der Waals surface area contributed by atoms with Gasteiger partial charge in [0, 0.05) is 10.0 Å². The number of hydrogen-bond donors (Lipinski definition) is 2. The quantitative estimate of drug-likeness (QED) is 0.329. The second-order valence-corrected chi connectivity index (χ2v) is 7.76. The lowest BCUT2D eigenvalue weighted by Gasteiger charge is -2.11. The van der Waals surface area contributed by atoms with Crippen LogP contribution in [0.15, 0.2) is 76.3 Å². The van der Waals surface area contributed by atoms with Crippen LogP contribution in [0.3, 0.4) is 0 Å². The molecule has 0 aliphatic rings. The Kier molecular flexibility index (Phi) is 8.24. The smallest absolute Gasteiger partial charge is 0.271 e. The van der Waals surface area contributed by atoms with E-state index in [4.69, 9.17) is 21.1 Å². The van der Waals surface area contributed by atoms with E-state index in [1.807, 2.05) is 6.07 Å². The van der Waals surface area contributed by atoms with Crippen molar-refractivity contribution < 1.29 is 19.1 Å². The summed E-state index contributed by atoms with van der Waals surface area (Å²) in [6.07, 6.45) is 1.46. The molecule has 0 aliphatic carbocycles. The molecule has 9 heteroatoms. The fourth-order valence-electron chi connectivity index (χ4n) is 2.62. The van der Waals surface area contributed by atoms with Crippen LogP contribution < -0.4 is 20.2 Å². The van der Waals surface area contributed by atoms with E-state index in [0.717, 1.165) is 4.47 Å². The first-order chi connectivity index (χ1) is 15.5. The van der Waals surface area contributed by atoms with Crippen molar-refractivity contribution in [3.05, 3.63) is 87.4 Å². The van der Waals surface area contributed by atoms with Gasteiger partial charge in [0.25, 0.3) is 11.8 Å². The Labute approximate surface area is 198 Å². The highest BCUT2D eigenvalue weighted by atomic mass is 79.9. The third kappa shape index (κ3) is 6.57. The van der Waals surface area contributed by atoms with Crippen LogP contribution >= 0.6 is 27.5 Å². The van der Waals surface area contributed by atoms with Gasteiger partial charge < -0.3 is 14.8 Å². The summed E-state index contributed by atoms with van der Waals surface area (Å²) in [6, 6.07) is 18.9. The predicted octanol–water partition coefficient (Wildman–Crippen LogP) is 4.89. The number of para-hydroxylation sites is 2. The van der Waals surface area contributed by atoms with Gasteiger partial charge in [0.1, 0.15) is 11.5 Å². The van der Waals surface area contributed by atoms with Gasteiger partial charge in [-0.3, -0.25) is 9.59 Å². The molecule has 0 fully saturated rings. The number of nitrogens with one attached hydrogen (secondary N) is 2. The highest BCUT2D eigenvalue weighted by Crippen LogP contribution is 2.26. The molecule has 0 spiro atoms. The number of hydrazone groups is 1. The Hall–Kier alpha value is -3.36. The van der Waals surface area contributed by atoms with Crippen molar-refractivity contribution in [1.82, 2.24) is 5.43 Å². The average molecular weight is 517 g/mol. The monoisotopic (exact) mass is 515 g/mol. The number of ether oxygens (including phenoxy) is 2. The molecular formula is C23H19BrClN3O4. The van der Waals surface area contributed by atoms with E-state index in [1.165, 1.54) is 13.3 Å². The topological polar surface area (TPSA) is 89.0 Å². The van der Waals surface area contributed by atoms with Crippen molar-refractivity contribution in [2.75, 3.05) is 19.0 Å². The number of carbonyl (C=O) groups is 2. The molecule has 164 valence electrons. The van der Waals surface area contributed by atoms with Gasteiger partial charge in [-0.05, 0) is 60.2 Å². The van der Waals surface area contributed by atoms with Gasteiger partial charge in [-0.15, -0.1) is 0 Å². The summed E-state index contributed by atoms with van der Waals surface area (Å²) in [7, 11) is 1.53. The van der Waals surface area contributed by atoms with Crippen LogP contribution in [0, 0.1) is 0 Å². The van der Waals surface area contributed by atoms with Gasteiger partial charge in [0.2, 0.25) is 0 Å². The summed E-state index contributed by atoms with van der Waals surface area (Å²) in [5.74, 6) is 0.209. The van der Waals surface area contributed by atoms with Gasteiger partial charge in [-0.1, -0.05) is 39.7 Å². The second kappa shape index (κ2) is 11.3. The van der Waals surface area contributed by atoms with E-state index < -0.39 is 0 Å². The molecule has 0 aliphatic heterocycles. The predicted molar refractivity (Wildman–Crippen MR) is 128 cm³/mol. The van der Waals surface area contributed by atoms with Crippen LogP contribution in [0.2, 0.25) is 5.02 Å². The van der Waals surface area contributed by atoms with Gasteiger partial charge in [0.05, 0.1) is 24.0 Å². The number of anilines is 1. The maximum atomic E-state index is 12.2. The van der Waals surface area contributed by atoms with E-state index in [0.29, 0.717) is 33.3 Å². The first-order valence-corrected chi connectivity index (χ1v) is 10.6. The van der Waals surface area contributed by atoms with Crippen LogP contribution in [0.1, 0.15) is 15.9 Å². The summed E-state index contributed by atoms with van der Waals surface area (Å²) in [6.45, 7) is -0.228. The minimum Gasteiger partial charge on any atom is -0.495 e. The van der Waals surface area contributed by atoms with Crippen LogP contribution in [0.5, 0.6) is 11.5 Å². The summed E-state index contributed by atoms with van der Waals surface area (Å²) < 4.78 is 11.6. The van der Waals surface area contributed by atoms with E-state index in [2.05, 4.69) is 31.8 Å². The standard InChI is InChI=1S/C23H19BrClN3O4/c1-31-21-5-3-2-4-19(21)27-22(29)14-32-20-11-6-15(12-18(20)25)13-26-28-23(30)16-7-9-17(24)10-8-16/h2-13H,14H2,1H3,(H,27,29)(H,28,30)/b26-13+. The number of hydrogen-bond acceptors (Lipinski definition) is 5. The van der Waals surface area contributed by atoms with Crippen molar-refractivity contribution in [2.24, 2.45) is 5.10 Å². The molecule has 2 N–H and O–H groups in total. The molecule has 0 radical (unpaired) electrons. The third-order valence-corrected chi connectivity index (χ3v) is 5.01. The molecule has 3 aromatic rings. The van der Waals surface area contributed by atoms with Crippen molar-refractivity contribution in [3.63, 3.8) is 0 Å². The Balaban J connectivity index is 1.53. The summed E-state index contributed by atoms with van der Waals surface area (Å²) in [4.78, 5) is 24.2. The first kappa shape index (κ1) is 23.3. The molecule has 0 saturated heterocycles. The number of halogens is 2. The fourth-order valence-corrected chi connectivity index (χ4v) is 3.13. The number of carbonyl (C=O) groups excluding carboxylic acids is 2. The Morgan fingerprint density at radius 3 is 2.53 bits per heavy atom. The highest BCUT2D eigenvalue weighted by molar-refractivity contribution is 9.10. The summed E-state index contributed by atoms with van der Waals surface area (Å²) >= 11 is 9.56. The molecule has 0 heterocycles. The lowest BCUT2D eigenvalue weighted by molar-refractivity contribution is -0.118. The van der Waals surface area contributed by atoms with E-state index in [9.17, 15) is 9.59 Å². The number of amides is 2. The number of benzene rings is 3. The molecule has 7 nitrogen and oxygen atoms in total. The molecule has 3 rings (SSSR count). The largest absolute Gasteiger partial charge is 0.495 e. The third-order valence-electron chi connectivity index (χ3n) is 4.18. The van der Waals surface area contributed by atoms with E-state index >= 15 is 0 Å². The average Bonchev–Trinajstić information content (AvgIpc) is 2.79. The number of rotatable bonds is 8. The normalized spacial score (nSPS) is 10.6. The lowest BCUT2D eigenvalue weighted by Crippen LogP contribution is -2.20. The van der Waals surface area contributed by atoms with Crippen molar-refractivity contribution >= 4 is 51.2 Å². The SMILES string of the molecule is COc1ccccc1NC(=O)COc1ccc(/C=N/NC(=O)c2ccc(Br)cc2)cc1Cl. The molecule has 3 aromatic carbocycles. The molecule has 0 atom stereocenters. The molecule has 0 unspecified atom stereocenters. The Morgan fingerprint density at radius 2 is 1.81 bits per heavy atom. The zero-order valence-corrected chi connectivity index (χ0v) is 19.3. The molecule has 2 amide bonds. The first-order valence-electron chi connectivity index (χ1n) is 9.40. The minimum atomic E-state index is -0.355. The van der Waals surface area contributed by atoms with Crippen molar-refractivity contribution in [2.45, 2.75) is 0 Å². The van der Waals surface area contributed by atoms with Crippen LogP contribution in [0.25, 0.3) is 0 Å². The van der Waals surface area contributed by atoms with Gasteiger partial charge >= 0.3 is 0 Å². The molecule has 32 heavy (non-hydrogen) atoms. The highest BCUT2D eigenvalue weighted by Gasteiger charge is 2.10.